The summed E-state index contributed by atoms with van der Waals surface area (Å²) in [7, 11) is 2.96. The number of ether oxygens (including phenoxy) is 2. The zero-order valence-electron chi connectivity index (χ0n) is 6.94. The molecule has 11 heavy (non-hydrogen) atoms. The van der Waals surface area contributed by atoms with Crippen molar-refractivity contribution in [3.05, 3.63) is 11.6 Å². The van der Waals surface area contributed by atoms with Crippen LogP contribution < -0.4 is 0 Å². The molecular formula is C7H14O4. The van der Waals surface area contributed by atoms with Gasteiger partial charge in [-0.25, -0.2) is 0 Å². The molecule has 0 aliphatic rings. The maximum atomic E-state index is 8.53. The molecule has 0 saturated heterocycles. The Morgan fingerprint density at radius 3 is 2.00 bits per heavy atom. The fourth-order valence-corrected chi connectivity index (χ4v) is 0.782. The van der Waals surface area contributed by atoms with Crippen molar-refractivity contribution >= 4 is 0 Å². The van der Waals surface area contributed by atoms with Crippen LogP contribution in [-0.4, -0.2) is 37.0 Å². The highest BCUT2D eigenvalue weighted by Gasteiger charge is 2.07. The summed E-state index contributed by atoms with van der Waals surface area (Å²) in [6.07, 6.45) is -0.711. The van der Waals surface area contributed by atoms with Gasteiger partial charge in [0.25, 0.3) is 0 Å². The van der Waals surface area contributed by atoms with Crippen LogP contribution in [0.5, 0.6) is 0 Å². The molecule has 0 fully saturated rings. The minimum atomic E-state index is -1.46. The lowest BCUT2D eigenvalue weighted by molar-refractivity contribution is -0.0774. The molecule has 0 unspecified atom stereocenters. The molecule has 0 aromatic heterocycles. The molecule has 0 radical (unpaired) electrons. The predicted octanol–water partition coefficient (Wildman–Crippen LogP) is -0.138. The van der Waals surface area contributed by atoms with E-state index in [1.807, 2.05) is 0 Å². The summed E-state index contributed by atoms with van der Waals surface area (Å²) < 4.78 is 9.70. The highest BCUT2D eigenvalue weighted by molar-refractivity contribution is 5.02. The first-order valence-corrected chi connectivity index (χ1v) is 3.21. The van der Waals surface area contributed by atoms with Crippen molar-refractivity contribution in [3.63, 3.8) is 0 Å². The third-order valence-corrected chi connectivity index (χ3v) is 1.21. The number of methoxy groups -OCH3 is 2. The fourth-order valence-electron chi connectivity index (χ4n) is 0.782. The lowest BCUT2D eigenvalue weighted by atomic mass is 10.2. The van der Waals surface area contributed by atoms with Crippen LogP contribution in [0.15, 0.2) is 11.6 Å². The Kier molecular flexibility index (Phi) is 5.06. The van der Waals surface area contributed by atoms with Crippen LogP contribution in [-0.2, 0) is 9.47 Å². The largest absolute Gasteiger partial charge is 0.365 e. The van der Waals surface area contributed by atoms with Gasteiger partial charge in [0.1, 0.15) is 0 Å². The Balaban J connectivity index is 4.07. The van der Waals surface area contributed by atoms with Gasteiger partial charge in [0.2, 0.25) is 0 Å². The van der Waals surface area contributed by atoms with Crippen molar-refractivity contribution in [1.82, 2.24) is 0 Å². The van der Waals surface area contributed by atoms with Gasteiger partial charge in [0.15, 0.2) is 12.6 Å². The number of rotatable bonds is 4. The normalized spacial score (nSPS) is 13.2. The second kappa shape index (κ2) is 5.26. The highest BCUT2D eigenvalue weighted by atomic mass is 16.7. The van der Waals surface area contributed by atoms with Gasteiger partial charge < -0.3 is 19.7 Å². The van der Waals surface area contributed by atoms with Crippen molar-refractivity contribution in [3.8, 4) is 0 Å². The molecule has 0 spiro atoms. The van der Waals surface area contributed by atoms with Crippen molar-refractivity contribution < 1.29 is 19.7 Å². The monoisotopic (exact) mass is 162 g/mol. The van der Waals surface area contributed by atoms with E-state index in [2.05, 4.69) is 0 Å². The Morgan fingerprint density at radius 1 is 1.27 bits per heavy atom. The predicted molar refractivity (Wildman–Crippen MR) is 39.8 cm³/mol. The number of hydrogen-bond donors (Lipinski definition) is 2. The molecule has 0 heterocycles. The molecule has 0 amide bonds. The van der Waals surface area contributed by atoms with Gasteiger partial charge in [0, 0.05) is 14.2 Å². The van der Waals surface area contributed by atoms with Crippen LogP contribution >= 0.6 is 0 Å². The highest BCUT2D eigenvalue weighted by Crippen LogP contribution is 2.05. The second-order valence-electron chi connectivity index (χ2n) is 2.13. The minimum Gasteiger partial charge on any atom is -0.365 e. The van der Waals surface area contributed by atoms with E-state index in [0.717, 1.165) is 0 Å². The van der Waals surface area contributed by atoms with Crippen LogP contribution in [0.3, 0.4) is 0 Å². The van der Waals surface area contributed by atoms with E-state index in [-0.39, 0.29) is 0 Å². The molecule has 66 valence electrons. The maximum Gasteiger partial charge on any atom is 0.178 e. The summed E-state index contributed by atoms with van der Waals surface area (Å²) >= 11 is 0. The number of hydrogen-bond acceptors (Lipinski definition) is 4. The topological polar surface area (TPSA) is 58.9 Å². The molecule has 0 atom stereocenters. The zero-order chi connectivity index (χ0) is 8.85. The average molecular weight is 162 g/mol. The summed E-state index contributed by atoms with van der Waals surface area (Å²) in [5.41, 5.74) is 0.630. The van der Waals surface area contributed by atoms with Crippen molar-refractivity contribution in [2.24, 2.45) is 0 Å². The first kappa shape index (κ1) is 10.6. The van der Waals surface area contributed by atoms with Gasteiger partial charge in [-0.15, -0.1) is 0 Å². The van der Waals surface area contributed by atoms with E-state index >= 15 is 0 Å². The Labute approximate surface area is 66.1 Å². The quantitative estimate of drug-likeness (QED) is 0.446. The van der Waals surface area contributed by atoms with Crippen molar-refractivity contribution in [1.29, 1.82) is 0 Å². The van der Waals surface area contributed by atoms with Gasteiger partial charge in [-0.3, -0.25) is 0 Å². The van der Waals surface area contributed by atoms with Crippen molar-refractivity contribution in [2.75, 3.05) is 14.2 Å². The molecule has 2 N–H and O–H groups in total. The van der Waals surface area contributed by atoms with E-state index in [1.54, 1.807) is 6.92 Å². The smallest absolute Gasteiger partial charge is 0.178 e. The summed E-state index contributed by atoms with van der Waals surface area (Å²) in [5.74, 6) is 0. The molecule has 0 saturated carbocycles. The first-order valence-electron chi connectivity index (χ1n) is 3.21. The molecule has 0 aromatic carbocycles. The SMILES string of the molecule is COC(OC)C(C)=CC(O)O. The maximum absolute atomic E-state index is 8.53. The van der Waals surface area contributed by atoms with Crippen LogP contribution in [0.2, 0.25) is 0 Å². The lowest BCUT2D eigenvalue weighted by Gasteiger charge is -2.13. The lowest BCUT2D eigenvalue weighted by Crippen LogP contribution is -2.16. The summed E-state index contributed by atoms with van der Waals surface area (Å²) in [5, 5.41) is 17.1. The minimum absolute atomic E-state index is 0.503. The van der Waals surface area contributed by atoms with Crippen molar-refractivity contribution in [2.45, 2.75) is 19.5 Å². The van der Waals surface area contributed by atoms with E-state index < -0.39 is 12.6 Å². The third kappa shape index (κ3) is 4.10. The third-order valence-electron chi connectivity index (χ3n) is 1.21. The second-order valence-corrected chi connectivity index (χ2v) is 2.13. The Bertz CT molecular complexity index is 126. The number of aliphatic hydroxyl groups is 2. The Hall–Kier alpha value is -0.420. The van der Waals surface area contributed by atoms with Crippen LogP contribution in [0, 0.1) is 0 Å². The van der Waals surface area contributed by atoms with Gasteiger partial charge >= 0.3 is 0 Å². The number of aliphatic hydroxyl groups excluding tert-OH is 1. The zero-order valence-corrected chi connectivity index (χ0v) is 6.94. The molecule has 0 bridgehead atoms. The van der Waals surface area contributed by atoms with E-state index in [9.17, 15) is 0 Å². The molecule has 0 aliphatic carbocycles. The van der Waals surface area contributed by atoms with E-state index in [4.69, 9.17) is 19.7 Å². The molecule has 0 aromatic rings. The molecule has 0 rings (SSSR count). The summed E-state index contributed by atoms with van der Waals surface area (Å²) in [6.45, 7) is 1.69. The van der Waals surface area contributed by atoms with Gasteiger partial charge in [-0.2, -0.15) is 0 Å². The van der Waals surface area contributed by atoms with Crippen LogP contribution in [0.25, 0.3) is 0 Å². The summed E-state index contributed by atoms with van der Waals surface area (Å²) in [6, 6.07) is 0. The first-order chi connectivity index (χ1) is 5.11. The van der Waals surface area contributed by atoms with E-state index in [0.29, 0.717) is 5.57 Å². The summed E-state index contributed by atoms with van der Waals surface area (Å²) in [4.78, 5) is 0. The molecule has 4 heteroatoms. The van der Waals surface area contributed by atoms with Crippen LogP contribution in [0.4, 0.5) is 0 Å². The average Bonchev–Trinajstić information content (AvgIpc) is 1.88. The van der Waals surface area contributed by atoms with E-state index in [1.165, 1.54) is 20.3 Å². The molecule has 4 nitrogen and oxygen atoms in total. The fraction of sp³-hybridized carbons (Fsp3) is 0.714. The van der Waals surface area contributed by atoms with Gasteiger partial charge in [-0.05, 0) is 18.6 Å². The Morgan fingerprint density at radius 2 is 1.73 bits per heavy atom. The molecule has 0 aliphatic heterocycles. The standard InChI is InChI=1S/C7H14O4/c1-5(4-6(8)9)7(10-2)11-3/h4,6-9H,1-3H3. The van der Waals surface area contributed by atoms with Gasteiger partial charge in [0.05, 0.1) is 0 Å². The van der Waals surface area contributed by atoms with Crippen LogP contribution in [0.1, 0.15) is 6.92 Å². The molecular weight excluding hydrogens is 148 g/mol. The van der Waals surface area contributed by atoms with Gasteiger partial charge in [-0.1, -0.05) is 0 Å².